The van der Waals surface area contributed by atoms with Crippen LogP contribution < -0.4 is 10.6 Å². The number of benzene rings is 2. The van der Waals surface area contributed by atoms with Crippen molar-refractivity contribution in [3.05, 3.63) is 83.5 Å². The van der Waals surface area contributed by atoms with Gasteiger partial charge >= 0.3 is 0 Å². The highest BCUT2D eigenvalue weighted by atomic mass is 32.1. The molecule has 6 heteroatoms. The van der Waals surface area contributed by atoms with Crippen LogP contribution in [-0.2, 0) is 9.59 Å². The van der Waals surface area contributed by atoms with Gasteiger partial charge in [-0.1, -0.05) is 30.3 Å². The molecule has 1 aromatic heterocycles. The van der Waals surface area contributed by atoms with Crippen LogP contribution in [0, 0.1) is 5.82 Å². The highest BCUT2D eigenvalue weighted by molar-refractivity contribution is 7.16. The van der Waals surface area contributed by atoms with Gasteiger partial charge in [0.2, 0.25) is 11.8 Å². The van der Waals surface area contributed by atoms with Gasteiger partial charge in [0.25, 0.3) is 0 Å². The van der Waals surface area contributed by atoms with E-state index in [-0.39, 0.29) is 24.2 Å². The number of carbonyl (C=O) groups is 2. The third-order valence-corrected chi connectivity index (χ3v) is 4.73. The second-order valence-electron chi connectivity index (χ2n) is 5.67. The van der Waals surface area contributed by atoms with E-state index >= 15 is 0 Å². The van der Waals surface area contributed by atoms with Crippen LogP contribution in [0.1, 0.15) is 4.88 Å². The molecule has 0 radical (unpaired) electrons. The molecule has 1 heterocycles. The lowest BCUT2D eigenvalue weighted by Crippen LogP contribution is -2.31. The maximum Gasteiger partial charge on any atom is 0.244 e. The molecule has 0 aliphatic rings. The van der Waals surface area contributed by atoms with Gasteiger partial charge in [-0.05, 0) is 48.0 Å². The van der Waals surface area contributed by atoms with Gasteiger partial charge in [0.15, 0.2) is 0 Å². The first-order valence-corrected chi connectivity index (χ1v) is 9.08. The van der Waals surface area contributed by atoms with Crippen LogP contribution in [0.25, 0.3) is 16.5 Å². The summed E-state index contributed by atoms with van der Waals surface area (Å²) in [4.78, 5) is 25.5. The minimum atomic E-state index is -0.352. The van der Waals surface area contributed by atoms with Crippen LogP contribution in [0.2, 0.25) is 0 Å². The quantitative estimate of drug-likeness (QED) is 0.626. The first-order chi connectivity index (χ1) is 13.1. The molecule has 0 aliphatic carbocycles. The lowest BCUT2D eigenvalue weighted by Gasteiger charge is -2.05. The number of carbonyl (C=O) groups excluding carboxylic acids is 2. The van der Waals surface area contributed by atoms with Gasteiger partial charge in [-0.3, -0.25) is 9.59 Å². The van der Waals surface area contributed by atoms with Crippen LogP contribution in [0.4, 0.5) is 10.1 Å². The van der Waals surface area contributed by atoms with Crippen molar-refractivity contribution in [1.29, 1.82) is 0 Å². The molecule has 0 fully saturated rings. The van der Waals surface area contributed by atoms with Crippen molar-refractivity contribution in [3.63, 3.8) is 0 Å². The molecule has 2 N–H and O–H groups in total. The molecule has 0 saturated heterocycles. The molecule has 27 heavy (non-hydrogen) atoms. The summed E-state index contributed by atoms with van der Waals surface area (Å²) in [6.07, 6.45) is 3.07. The van der Waals surface area contributed by atoms with Crippen LogP contribution in [0.5, 0.6) is 0 Å². The zero-order valence-corrected chi connectivity index (χ0v) is 15.1. The van der Waals surface area contributed by atoms with Crippen molar-refractivity contribution < 1.29 is 14.0 Å². The highest BCUT2D eigenvalue weighted by Gasteiger charge is 2.05. The zero-order valence-electron chi connectivity index (χ0n) is 14.3. The Balaban J connectivity index is 1.50. The summed E-state index contributed by atoms with van der Waals surface area (Å²) in [5.74, 6) is -0.920. The summed E-state index contributed by atoms with van der Waals surface area (Å²) in [6, 6.07) is 19.1. The second kappa shape index (κ2) is 8.91. The molecule has 0 spiro atoms. The van der Waals surface area contributed by atoms with Gasteiger partial charge in [-0.25, -0.2) is 4.39 Å². The van der Waals surface area contributed by atoms with Crippen LogP contribution in [0.3, 0.4) is 0 Å². The first-order valence-electron chi connectivity index (χ1n) is 8.27. The number of para-hydroxylation sites is 1. The molecular formula is C21H17FN2O2S. The molecule has 2 aromatic carbocycles. The predicted molar refractivity (Wildman–Crippen MR) is 107 cm³/mol. The molecule has 2 amide bonds. The minimum Gasteiger partial charge on any atom is -0.343 e. The average Bonchev–Trinajstić information content (AvgIpc) is 3.15. The Morgan fingerprint density at radius 1 is 0.963 bits per heavy atom. The number of hydrogen-bond acceptors (Lipinski definition) is 3. The molecule has 0 unspecified atom stereocenters. The lowest BCUT2D eigenvalue weighted by atomic mass is 10.2. The summed E-state index contributed by atoms with van der Waals surface area (Å²) < 4.78 is 13.0. The van der Waals surface area contributed by atoms with Gasteiger partial charge in [0.1, 0.15) is 5.82 Å². The number of rotatable bonds is 6. The van der Waals surface area contributed by atoms with E-state index in [2.05, 4.69) is 10.6 Å². The van der Waals surface area contributed by atoms with Gasteiger partial charge in [-0.2, -0.15) is 0 Å². The Hall–Kier alpha value is -3.25. The number of thiophene rings is 1. The lowest BCUT2D eigenvalue weighted by molar-refractivity contribution is -0.121. The summed E-state index contributed by atoms with van der Waals surface area (Å²) in [5.41, 5.74) is 1.60. The molecule has 0 bridgehead atoms. The Bertz CT molecular complexity index is 950. The standard InChI is InChI=1S/C21H17FN2O2S/c22-16-8-6-15(7-9-16)19-12-10-18(27-19)11-13-20(25)23-14-21(26)24-17-4-2-1-3-5-17/h1-13H,14H2,(H,23,25)(H,24,26)/b13-11+. The number of halogens is 1. The maximum atomic E-state index is 13.0. The third-order valence-electron chi connectivity index (χ3n) is 3.64. The molecule has 0 saturated carbocycles. The summed E-state index contributed by atoms with van der Waals surface area (Å²) >= 11 is 1.49. The molecule has 136 valence electrons. The summed E-state index contributed by atoms with van der Waals surface area (Å²) in [7, 11) is 0. The second-order valence-corrected chi connectivity index (χ2v) is 6.79. The predicted octanol–water partition coefficient (Wildman–Crippen LogP) is 4.32. The molecule has 0 atom stereocenters. The van der Waals surface area contributed by atoms with Gasteiger partial charge in [-0.15, -0.1) is 11.3 Å². The molecule has 4 nitrogen and oxygen atoms in total. The number of hydrogen-bond donors (Lipinski definition) is 2. The van der Waals surface area contributed by atoms with E-state index in [9.17, 15) is 14.0 Å². The van der Waals surface area contributed by atoms with Crippen molar-refractivity contribution in [2.75, 3.05) is 11.9 Å². The fourth-order valence-corrected chi connectivity index (χ4v) is 3.24. The number of amides is 2. The fraction of sp³-hybridized carbons (Fsp3) is 0.0476. The number of nitrogens with one attached hydrogen (secondary N) is 2. The topological polar surface area (TPSA) is 58.2 Å². The Morgan fingerprint density at radius 2 is 1.70 bits per heavy atom. The zero-order chi connectivity index (χ0) is 19.1. The highest BCUT2D eigenvalue weighted by Crippen LogP contribution is 2.28. The largest absolute Gasteiger partial charge is 0.343 e. The SMILES string of the molecule is O=C(/C=C/c1ccc(-c2ccc(F)cc2)s1)NCC(=O)Nc1ccccc1. The van der Waals surface area contributed by atoms with Gasteiger partial charge in [0, 0.05) is 21.5 Å². The van der Waals surface area contributed by atoms with E-state index in [1.807, 2.05) is 30.3 Å². The first kappa shape index (κ1) is 18.5. The summed E-state index contributed by atoms with van der Waals surface area (Å²) in [5, 5.41) is 5.24. The Morgan fingerprint density at radius 3 is 2.44 bits per heavy atom. The van der Waals surface area contributed by atoms with E-state index < -0.39 is 0 Å². The van der Waals surface area contributed by atoms with E-state index in [0.717, 1.165) is 15.3 Å². The molecule has 3 aromatic rings. The summed E-state index contributed by atoms with van der Waals surface area (Å²) in [6.45, 7) is -0.108. The maximum absolute atomic E-state index is 13.0. The molecule has 0 aliphatic heterocycles. The van der Waals surface area contributed by atoms with Gasteiger partial charge < -0.3 is 10.6 Å². The van der Waals surface area contributed by atoms with Crippen molar-refractivity contribution >= 4 is 34.9 Å². The van der Waals surface area contributed by atoms with Crippen LogP contribution in [-0.4, -0.2) is 18.4 Å². The van der Waals surface area contributed by atoms with Crippen LogP contribution >= 0.6 is 11.3 Å². The van der Waals surface area contributed by atoms with E-state index in [1.54, 1.807) is 30.3 Å². The van der Waals surface area contributed by atoms with E-state index in [1.165, 1.54) is 29.5 Å². The van der Waals surface area contributed by atoms with Crippen molar-refractivity contribution in [2.45, 2.75) is 0 Å². The van der Waals surface area contributed by atoms with Crippen LogP contribution in [0.15, 0.2) is 72.8 Å². The number of anilines is 1. The monoisotopic (exact) mass is 380 g/mol. The molecule has 3 rings (SSSR count). The minimum absolute atomic E-state index is 0.108. The fourth-order valence-electron chi connectivity index (χ4n) is 2.32. The Labute approximate surface area is 160 Å². The Kier molecular flexibility index (Phi) is 6.12. The van der Waals surface area contributed by atoms with E-state index in [0.29, 0.717) is 5.69 Å². The van der Waals surface area contributed by atoms with Gasteiger partial charge in [0.05, 0.1) is 6.54 Å². The smallest absolute Gasteiger partial charge is 0.244 e. The van der Waals surface area contributed by atoms with Crippen molar-refractivity contribution in [1.82, 2.24) is 5.32 Å². The van der Waals surface area contributed by atoms with Crippen molar-refractivity contribution in [3.8, 4) is 10.4 Å². The third kappa shape index (κ3) is 5.62. The van der Waals surface area contributed by atoms with E-state index in [4.69, 9.17) is 0 Å². The average molecular weight is 380 g/mol. The van der Waals surface area contributed by atoms with Crippen molar-refractivity contribution in [2.24, 2.45) is 0 Å². The molecular weight excluding hydrogens is 363 g/mol. The normalized spacial score (nSPS) is 10.7.